The number of aliphatic hydroxyl groups excluding tert-OH is 1. The van der Waals surface area contributed by atoms with Crippen molar-refractivity contribution in [2.45, 2.75) is 64.5 Å². The van der Waals surface area contributed by atoms with Gasteiger partial charge in [0, 0.05) is 37.0 Å². The number of rotatable bonds is 3. The average Bonchev–Trinajstić information content (AvgIpc) is 3.29. The van der Waals surface area contributed by atoms with Gasteiger partial charge in [-0.1, -0.05) is 13.0 Å². The Morgan fingerprint density at radius 1 is 1.13 bits per heavy atom. The zero-order valence-corrected chi connectivity index (χ0v) is 21.8. The highest BCUT2D eigenvalue weighted by molar-refractivity contribution is 6.01. The lowest BCUT2D eigenvalue weighted by atomic mass is 9.43. The van der Waals surface area contributed by atoms with E-state index in [2.05, 4.69) is 0 Å². The molecule has 0 amide bonds. The van der Waals surface area contributed by atoms with Crippen molar-refractivity contribution in [2.75, 3.05) is 13.1 Å². The second-order valence-electron chi connectivity index (χ2n) is 12.8. The number of likely N-dealkylation sites (tertiary alicyclic amines) is 1. The fourth-order valence-electron chi connectivity index (χ4n) is 9.63. The molecule has 38 heavy (non-hydrogen) atoms. The molecule has 5 aliphatic rings. The van der Waals surface area contributed by atoms with Gasteiger partial charge in [-0.2, -0.15) is 0 Å². The first-order valence-corrected chi connectivity index (χ1v) is 13.4. The predicted octanol–water partition coefficient (Wildman–Crippen LogP) is 4.90. The van der Waals surface area contributed by atoms with Crippen LogP contribution in [0.5, 0.6) is 0 Å². The van der Waals surface area contributed by atoms with Crippen LogP contribution in [0.15, 0.2) is 42.0 Å². The summed E-state index contributed by atoms with van der Waals surface area (Å²) in [7, 11) is 0. The summed E-state index contributed by atoms with van der Waals surface area (Å²) in [6.07, 6.45) is 1.25. The van der Waals surface area contributed by atoms with Gasteiger partial charge in [-0.05, 0) is 85.8 Å². The maximum absolute atomic E-state index is 17.4. The van der Waals surface area contributed by atoms with E-state index >= 15 is 8.78 Å². The van der Waals surface area contributed by atoms with E-state index in [9.17, 15) is 23.5 Å². The van der Waals surface area contributed by atoms with E-state index in [1.807, 2.05) is 11.8 Å². The van der Waals surface area contributed by atoms with Crippen LogP contribution in [0.4, 0.5) is 17.6 Å². The summed E-state index contributed by atoms with van der Waals surface area (Å²) < 4.78 is 60.7. The highest BCUT2D eigenvalue weighted by Crippen LogP contribution is 2.74. The van der Waals surface area contributed by atoms with Gasteiger partial charge in [0.1, 0.15) is 23.6 Å². The van der Waals surface area contributed by atoms with Crippen molar-refractivity contribution in [3.05, 3.63) is 59.2 Å². The zero-order chi connectivity index (χ0) is 27.4. The van der Waals surface area contributed by atoms with Gasteiger partial charge in [0.05, 0.1) is 11.5 Å². The van der Waals surface area contributed by atoms with Crippen LogP contribution < -0.4 is 0 Å². The number of Topliss-reactive ketones (excluding diaryl/α,β-unsaturated/α-hetero) is 1. The van der Waals surface area contributed by atoms with Crippen molar-refractivity contribution in [1.82, 2.24) is 4.90 Å². The van der Waals surface area contributed by atoms with Gasteiger partial charge < -0.3 is 5.11 Å². The molecule has 9 atom stereocenters. The number of hydrogen-bond acceptors (Lipinski definition) is 4. The van der Waals surface area contributed by atoms with Crippen molar-refractivity contribution < 1.29 is 32.3 Å². The van der Waals surface area contributed by atoms with Crippen molar-refractivity contribution in [3.8, 4) is 0 Å². The number of carbonyl (C=O) groups excluding carboxylic acids is 2. The number of halogens is 4. The number of benzene rings is 1. The number of fused-ring (bicyclic) bond motifs is 7. The van der Waals surface area contributed by atoms with E-state index in [0.717, 1.165) is 6.07 Å². The molecule has 1 saturated heterocycles. The van der Waals surface area contributed by atoms with Gasteiger partial charge >= 0.3 is 0 Å². The number of carbonyl (C=O) groups is 2. The van der Waals surface area contributed by atoms with Crippen LogP contribution in [0, 0.1) is 45.6 Å². The van der Waals surface area contributed by atoms with Crippen molar-refractivity contribution >= 4 is 11.6 Å². The Labute approximate surface area is 219 Å². The summed E-state index contributed by atoms with van der Waals surface area (Å²) in [5.41, 5.74) is -4.78. The Morgan fingerprint density at radius 3 is 2.47 bits per heavy atom. The summed E-state index contributed by atoms with van der Waals surface area (Å²) in [6, 6.07) is 3.38. The van der Waals surface area contributed by atoms with Crippen LogP contribution in [0.3, 0.4) is 0 Å². The molecule has 0 bridgehead atoms. The van der Waals surface area contributed by atoms with Gasteiger partial charge in [-0.15, -0.1) is 0 Å². The van der Waals surface area contributed by atoms with Crippen LogP contribution in [0.1, 0.15) is 45.6 Å². The van der Waals surface area contributed by atoms with Crippen LogP contribution in [0.25, 0.3) is 0 Å². The first-order valence-electron chi connectivity index (χ1n) is 13.4. The minimum atomic E-state index is -2.18. The largest absolute Gasteiger partial charge is 0.390 e. The lowest BCUT2D eigenvalue weighted by molar-refractivity contribution is -0.211. The van der Waals surface area contributed by atoms with E-state index in [0.29, 0.717) is 25.1 Å². The molecule has 0 radical (unpaired) electrons. The smallest absolute Gasteiger partial charge is 0.178 e. The van der Waals surface area contributed by atoms with E-state index < -0.39 is 51.7 Å². The van der Waals surface area contributed by atoms with Crippen molar-refractivity contribution in [1.29, 1.82) is 0 Å². The van der Waals surface area contributed by atoms with Gasteiger partial charge in [-0.25, -0.2) is 17.6 Å². The first kappa shape index (κ1) is 25.9. The molecule has 204 valence electrons. The summed E-state index contributed by atoms with van der Waals surface area (Å²) in [4.78, 5) is 27.6. The predicted molar refractivity (Wildman–Crippen MR) is 132 cm³/mol. The normalized spacial score (nSPS) is 45.7. The maximum atomic E-state index is 17.4. The molecule has 4 nitrogen and oxygen atoms in total. The summed E-state index contributed by atoms with van der Waals surface area (Å²) in [5.74, 6) is -3.11. The monoisotopic (exact) mass is 531 g/mol. The Balaban J connectivity index is 1.38. The Kier molecular flexibility index (Phi) is 5.53. The lowest BCUT2D eigenvalue weighted by Gasteiger charge is -2.63. The van der Waals surface area contributed by atoms with Crippen LogP contribution >= 0.6 is 0 Å². The molecule has 8 heteroatoms. The van der Waals surface area contributed by atoms with Crippen LogP contribution in [-0.4, -0.2) is 52.6 Å². The van der Waals surface area contributed by atoms with Crippen LogP contribution in [-0.2, 0) is 16.1 Å². The third kappa shape index (κ3) is 3.10. The highest BCUT2D eigenvalue weighted by atomic mass is 19.2. The van der Waals surface area contributed by atoms with E-state index in [-0.39, 0.29) is 48.4 Å². The molecule has 1 N–H and O–H groups in total. The quantitative estimate of drug-likeness (QED) is 0.564. The molecule has 0 unspecified atom stereocenters. The number of alkyl halides is 2. The number of aliphatic hydroxyl groups is 1. The Bertz CT molecular complexity index is 1280. The van der Waals surface area contributed by atoms with Crippen LogP contribution in [0.2, 0.25) is 0 Å². The number of ketones is 2. The summed E-state index contributed by atoms with van der Waals surface area (Å²) in [6.45, 7) is 6.12. The molecular weight excluding hydrogens is 498 g/mol. The molecule has 1 aromatic carbocycles. The standard InChI is InChI=1S/C30H33F4NO3/c1-16(36)29-15-35(13-17-6-19(31)9-20(32)7-17)14-18(29)8-22-23-11-25(33)24-10-21(37)4-5-27(24,2)30(23,34)26(38)12-28(22,29)3/h4-7,9-10,18,22-23,25-26,38H,8,11-15H2,1-3H3/t18-,22-,23-,25-,26-,27-,28-,29-,30-/m0/s1. The molecular formula is C30H33F4NO3. The second-order valence-corrected chi connectivity index (χ2v) is 12.8. The number of nitrogens with zero attached hydrogens (tertiary/aromatic N) is 1. The fraction of sp³-hybridized carbons (Fsp3) is 0.600. The highest BCUT2D eigenvalue weighted by Gasteiger charge is 2.77. The topological polar surface area (TPSA) is 57.6 Å². The molecule has 3 saturated carbocycles. The van der Waals surface area contributed by atoms with Gasteiger partial charge in [0.2, 0.25) is 0 Å². The molecule has 6 rings (SSSR count). The average molecular weight is 532 g/mol. The van der Waals surface area contributed by atoms with Gasteiger partial charge in [0.15, 0.2) is 11.5 Å². The van der Waals surface area contributed by atoms with Gasteiger partial charge in [-0.3, -0.25) is 14.5 Å². The molecule has 1 aliphatic heterocycles. The molecule has 4 aliphatic carbocycles. The summed E-state index contributed by atoms with van der Waals surface area (Å²) in [5, 5.41) is 11.6. The van der Waals surface area contributed by atoms with Crippen molar-refractivity contribution in [3.63, 3.8) is 0 Å². The first-order chi connectivity index (χ1) is 17.8. The molecule has 1 aromatic rings. The molecule has 0 spiro atoms. The van der Waals surface area contributed by atoms with E-state index in [1.54, 1.807) is 6.92 Å². The minimum absolute atomic E-state index is 0.0325. The third-order valence-corrected chi connectivity index (χ3v) is 11.2. The number of allylic oxidation sites excluding steroid dienone is 4. The minimum Gasteiger partial charge on any atom is -0.390 e. The maximum Gasteiger partial charge on any atom is 0.178 e. The summed E-state index contributed by atoms with van der Waals surface area (Å²) >= 11 is 0. The van der Waals surface area contributed by atoms with Gasteiger partial charge in [0.25, 0.3) is 0 Å². The Morgan fingerprint density at radius 2 is 1.82 bits per heavy atom. The van der Waals surface area contributed by atoms with E-state index in [1.165, 1.54) is 37.3 Å². The molecule has 4 fully saturated rings. The SMILES string of the molecule is CC(=O)[C@@]12CN(Cc3cc(F)cc(F)c3)C[C@@H]1C[C@H]1[C@@H]3C[C@H](F)C4=CC(=O)C=C[C@]4(C)[C@@]3(F)[C@@H](O)C[C@@]12C. The Hall–Kier alpha value is -2.32. The zero-order valence-electron chi connectivity index (χ0n) is 21.8. The van der Waals surface area contributed by atoms with Crippen molar-refractivity contribution in [2.24, 2.45) is 34.0 Å². The van der Waals surface area contributed by atoms with E-state index in [4.69, 9.17) is 0 Å². The number of hydrogen-bond donors (Lipinski definition) is 1. The fourth-order valence-corrected chi connectivity index (χ4v) is 9.63. The molecule has 1 heterocycles. The lowest BCUT2D eigenvalue weighted by Crippen LogP contribution is -2.69. The third-order valence-electron chi connectivity index (χ3n) is 11.2. The second kappa shape index (κ2) is 8.10. The molecule has 0 aromatic heterocycles.